The van der Waals surface area contributed by atoms with Crippen LogP contribution in [-0.4, -0.2) is 37.6 Å². The van der Waals surface area contributed by atoms with Gasteiger partial charge >= 0.3 is 0 Å². The van der Waals surface area contributed by atoms with Crippen LogP contribution in [-0.2, 0) is 21.6 Å². The van der Waals surface area contributed by atoms with Gasteiger partial charge in [0.1, 0.15) is 17.2 Å². The second-order valence-electron chi connectivity index (χ2n) is 7.13. The van der Waals surface area contributed by atoms with E-state index >= 15 is 0 Å². The van der Waals surface area contributed by atoms with Crippen molar-refractivity contribution in [3.63, 3.8) is 0 Å². The molecule has 149 valence electrons. The van der Waals surface area contributed by atoms with Crippen molar-refractivity contribution in [3.8, 4) is 5.75 Å². The Labute approximate surface area is 166 Å². The van der Waals surface area contributed by atoms with Crippen LogP contribution in [0, 0.1) is 12.2 Å². The molecule has 1 saturated heterocycles. The van der Waals surface area contributed by atoms with Gasteiger partial charge in [0, 0.05) is 12.2 Å². The molecule has 28 heavy (non-hydrogen) atoms. The second kappa shape index (κ2) is 9.20. The summed E-state index contributed by atoms with van der Waals surface area (Å²) in [4.78, 5) is 14.3. The smallest absolute Gasteiger partial charge is 0.227 e. The highest BCUT2D eigenvalue weighted by Crippen LogP contribution is 2.38. The number of unbranched alkanes of at least 4 members (excludes halogenated alkanes) is 1. The zero-order valence-electron chi connectivity index (χ0n) is 16.5. The lowest BCUT2D eigenvalue weighted by atomic mass is 9.84. The van der Waals surface area contributed by atoms with Crippen molar-refractivity contribution in [2.75, 3.05) is 26.8 Å². The minimum Gasteiger partial charge on any atom is -0.497 e. The van der Waals surface area contributed by atoms with Gasteiger partial charge in [0.05, 0.1) is 26.6 Å². The quantitative estimate of drug-likeness (QED) is 0.610. The summed E-state index contributed by atoms with van der Waals surface area (Å²) in [6.45, 7) is 3.39. The van der Waals surface area contributed by atoms with E-state index in [2.05, 4.69) is 6.92 Å². The first-order chi connectivity index (χ1) is 13.6. The third-order valence-corrected chi connectivity index (χ3v) is 5.12. The summed E-state index contributed by atoms with van der Waals surface area (Å²) in [5, 5.41) is 0. The largest absolute Gasteiger partial charge is 0.497 e. The highest BCUT2D eigenvalue weighted by Gasteiger charge is 2.48. The van der Waals surface area contributed by atoms with Crippen LogP contribution in [0.3, 0.4) is 0 Å². The highest BCUT2D eigenvalue weighted by atomic mass is 19.1. The van der Waals surface area contributed by atoms with Gasteiger partial charge in [-0.25, -0.2) is 4.39 Å². The van der Waals surface area contributed by atoms with Crippen LogP contribution in [0.1, 0.15) is 30.9 Å². The zero-order chi connectivity index (χ0) is 20.0. The molecule has 0 atom stereocenters. The van der Waals surface area contributed by atoms with Gasteiger partial charge in [-0.15, -0.1) is 0 Å². The van der Waals surface area contributed by atoms with Crippen LogP contribution in [0.5, 0.6) is 5.75 Å². The summed E-state index contributed by atoms with van der Waals surface area (Å²) >= 11 is 0. The lowest BCUT2D eigenvalue weighted by Crippen LogP contribution is -2.63. The van der Waals surface area contributed by atoms with E-state index in [1.54, 1.807) is 30.6 Å². The maximum atomic E-state index is 14.4. The van der Waals surface area contributed by atoms with E-state index in [1.165, 1.54) is 6.07 Å². The number of ether oxygens (including phenoxy) is 2. The number of amides is 1. The van der Waals surface area contributed by atoms with Crippen LogP contribution >= 0.6 is 0 Å². The van der Waals surface area contributed by atoms with E-state index in [9.17, 15) is 9.18 Å². The van der Waals surface area contributed by atoms with Crippen molar-refractivity contribution >= 4 is 5.91 Å². The summed E-state index contributed by atoms with van der Waals surface area (Å²) in [5.41, 5.74) is 0.823. The number of likely N-dealkylation sites (tertiary alicyclic amines) is 1. The monoisotopic (exact) mass is 384 g/mol. The fourth-order valence-electron chi connectivity index (χ4n) is 3.40. The van der Waals surface area contributed by atoms with E-state index in [-0.39, 0.29) is 11.7 Å². The highest BCUT2D eigenvalue weighted by molar-refractivity contribution is 5.86. The fourth-order valence-corrected chi connectivity index (χ4v) is 3.40. The third kappa shape index (κ3) is 4.53. The normalized spacial score (nSPS) is 15.2. The van der Waals surface area contributed by atoms with E-state index in [4.69, 9.17) is 9.47 Å². The van der Waals surface area contributed by atoms with Gasteiger partial charge in [-0.05, 0) is 36.6 Å². The average Bonchev–Trinajstić information content (AvgIpc) is 2.69. The number of nitrogens with zero attached hydrogens (tertiary/aromatic N) is 1. The van der Waals surface area contributed by atoms with Crippen LogP contribution in [0.2, 0.25) is 0 Å². The Bertz CT molecular complexity index is 785. The molecule has 0 N–H and O–H groups in total. The molecule has 2 aromatic rings. The molecular formula is C23H27FNO3. The number of benzene rings is 2. The number of carbonyl (C=O) groups is 1. The number of methoxy groups -OCH3 is 1. The molecule has 0 aliphatic carbocycles. The Morgan fingerprint density at radius 2 is 1.89 bits per heavy atom. The fraction of sp³-hybridized carbons (Fsp3) is 0.391. The van der Waals surface area contributed by atoms with Crippen molar-refractivity contribution in [1.29, 1.82) is 0 Å². The first-order valence-corrected chi connectivity index (χ1v) is 9.72. The van der Waals surface area contributed by atoms with Gasteiger partial charge < -0.3 is 14.4 Å². The number of hydrogen-bond acceptors (Lipinski definition) is 3. The topological polar surface area (TPSA) is 38.8 Å². The average molecular weight is 384 g/mol. The van der Waals surface area contributed by atoms with Gasteiger partial charge in [0.25, 0.3) is 0 Å². The molecule has 1 amide bonds. The molecule has 0 bridgehead atoms. The second-order valence-corrected chi connectivity index (χ2v) is 7.13. The maximum absolute atomic E-state index is 14.4. The predicted octanol–water partition coefficient (Wildman–Crippen LogP) is 4.14. The zero-order valence-corrected chi connectivity index (χ0v) is 16.5. The molecule has 0 unspecified atom stereocenters. The van der Waals surface area contributed by atoms with Gasteiger partial charge in [-0.3, -0.25) is 4.79 Å². The minimum absolute atomic E-state index is 0.0538. The Morgan fingerprint density at radius 3 is 2.54 bits per heavy atom. The number of halogens is 1. The van der Waals surface area contributed by atoms with Crippen LogP contribution in [0.4, 0.5) is 4.39 Å². The Balaban J connectivity index is 1.60. The van der Waals surface area contributed by atoms with Crippen LogP contribution in [0.25, 0.3) is 0 Å². The van der Waals surface area contributed by atoms with Crippen molar-refractivity contribution in [2.45, 2.75) is 31.8 Å². The van der Waals surface area contributed by atoms with E-state index in [0.717, 1.165) is 24.2 Å². The molecule has 5 heteroatoms. The Hall–Kier alpha value is -2.40. The molecule has 1 fully saturated rings. The molecule has 1 heterocycles. The van der Waals surface area contributed by atoms with Gasteiger partial charge in [0.2, 0.25) is 5.91 Å². The molecule has 1 radical (unpaired) electrons. The molecule has 2 aromatic carbocycles. The summed E-state index contributed by atoms with van der Waals surface area (Å²) < 4.78 is 25.6. The number of rotatable bonds is 9. The number of hydrogen-bond donors (Lipinski definition) is 0. The Morgan fingerprint density at radius 1 is 1.18 bits per heavy atom. The summed E-state index contributed by atoms with van der Waals surface area (Å²) in [6, 6.07) is 14.3. The van der Waals surface area contributed by atoms with Crippen LogP contribution in [0.15, 0.2) is 48.5 Å². The summed E-state index contributed by atoms with van der Waals surface area (Å²) in [5.74, 6) is 0.451. The lowest BCUT2D eigenvalue weighted by Gasteiger charge is -2.50. The first-order valence-electron chi connectivity index (χ1n) is 9.72. The van der Waals surface area contributed by atoms with Crippen LogP contribution < -0.4 is 4.74 Å². The SMILES string of the molecule is CCCCOC1(c2ccccc2F)CN(C(=O)[CH]Cc2ccc(OC)cc2)C1. The minimum atomic E-state index is -0.746. The van der Waals surface area contributed by atoms with Gasteiger partial charge in [-0.2, -0.15) is 0 Å². The molecule has 0 spiro atoms. The van der Waals surface area contributed by atoms with E-state index in [0.29, 0.717) is 31.7 Å². The third-order valence-electron chi connectivity index (χ3n) is 5.12. The summed E-state index contributed by atoms with van der Waals surface area (Å²) in [6.07, 6.45) is 4.13. The van der Waals surface area contributed by atoms with Crippen molar-refractivity contribution in [1.82, 2.24) is 4.90 Å². The molecular weight excluding hydrogens is 357 g/mol. The predicted molar refractivity (Wildman–Crippen MR) is 107 cm³/mol. The number of carbonyl (C=O) groups excluding carboxylic acids is 1. The van der Waals surface area contributed by atoms with Crippen molar-refractivity contribution < 1.29 is 18.7 Å². The molecule has 1 aliphatic rings. The van der Waals surface area contributed by atoms with Gasteiger partial charge in [0.15, 0.2) is 0 Å². The van der Waals surface area contributed by atoms with E-state index < -0.39 is 5.60 Å². The first kappa shape index (κ1) is 20.3. The molecule has 0 saturated carbocycles. The summed E-state index contributed by atoms with van der Waals surface area (Å²) in [7, 11) is 1.62. The molecule has 4 nitrogen and oxygen atoms in total. The molecule has 0 aromatic heterocycles. The molecule has 3 rings (SSSR count). The lowest BCUT2D eigenvalue weighted by molar-refractivity contribution is -0.171. The van der Waals surface area contributed by atoms with E-state index in [1.807, 2.05) is 30.3 Å². The van der Waals surface area contributed by atoms with Gasteiger partial charge in [-0.1, -0.05) is 43.7 Å². The maximum Gasteiger partial charge on any atom is 0.227 e. The Kier molecular flexibility index (Phi) is 6.68. The van der Waals surface area contributed by atoms with Crippen molar-refractivity contribution in [2.24, 2.45) is 0 Å². The van der Waals surface area contributed by atoms with Crippen molar-refractivity contribution in [3.05, 3.63) is 71.9 Å². The standard InChI is InChI=1S/C23H27FNO3/c1-3-4-15-28-23(20-7-5-6-8-21(20)24)16-25(17-23)22(26)14-11-18-9-12-19(27-2)13-10-18/h5-10,12-14H,3-4,11,15-17H2,1-2H3. The molecule has 1 aliphatic heterocycles.